The van der Waals surface area contributed by atoms with Crippen LogP contribution in [-0.4, -0.2) is 11.1 Å². The zero-order chi connectivity index (χ0) is 13.0. The molecule has 0 aliphatic heterocycles. The molecule has 5 heteroatoms. The van der Waals surface area contributed by atoms with Crippen molar-refractivity contribution >= 4 is 27.8 Å². The fraction of sp³-hybridized carbons (Fsp3) is 0.0769. The molecule has 92 valence electrons. The molecule has 4 nitrogen and oxygen atoms in total. The summed E-state index contributed by atoms with van der Waals surface area (Å²) in [6.45, 7) is 1.86. The van der Waals surface area contributed by atoms with Crippen LogP contribution in [0.4, 0.5) is 10.6 Å². The first kappa shape index (κ1) is 12.6. The number of nitrogens with zero attached hydrogens (tertiary/aromatic N) is 1. The van der Waals surface area contributed by atoms with Crippen molar-refractivity contribution in [3.63, 3.8) is 0 Å². The van der Waals surface area contributed by atoms with Gasteiger partial charge in [0, 0.05) is 10.7 Å². The molecule has 1 amide bonds. The lowest BCUT2D eigenvalue weighted by Crippen LogP contribution is -2.18. The molecular weight excluding hydrogens is 296 g/mol. The Labute approximate surface area is 113 Å². The molecule has 1 aromatic heterocycles. The third-order valence-electron chi connectivity index (χ3n) is 2.22. The average molecular weight is 307 g/mol. The Morgan fingerprint density at radius 1 is 1.33 bits per heavy atom. The van der Waals surface area contributed by atoms with E-state index in [4.69, 9.17) is 4.74 Å². The number of amides is 1. The maximum atomic E-state index is 11.6. The van der Waals surface area contributed by atoms with Crippen molar-refractivity contribution < 1.29 is 9.53 Å². The van der Waals surface area contributed by atoms with Crippen LogP contribution in [-0.2, 0) is 0 Å². The highest BCUT2D eigenvalue weighted by atomic mass is 79.9. The maximum absolute atomic E-state index is 11.6. The van der Waals surface area contributed by atoms with E-state index in [1.807, 2.05) is 19.1 Å². The van der Waals surface area contributed by atoms with Gasteiger partial charge in [-0.05, 0) is 46.6 Å². The topological polar surface area (TPSA) is 51.2 Å². The van der Waals surface area contributed by atoms with Crippen molar-refractivity contribution in [3.8, 4) is 5.75 Å². The highest BCUT2D eigenvalue weighted by Crippen LogP contribution is 2.17. The van der Waals surface area contributed by atoms with Crippen LogP contribution in [0.1, 0.15) is 5.56 Å². The number of halogens is 1. The number of para-hydroxylation sites is 1. The molecule has 2 rings (SSSR count). The van der Waals surface area contributed by atoms with Gasteiger partial charge in [-0.25, -0.2) is 9.78 Å². The Morgan fingerprint density at radius 2 is 2.06 bits per heavy atom. The Kier molecular flexibility index (Phi) is 3.94. The second-order valence-electron chi connectivity index (χ2n) is 3.65. The number of ether oxygens (including phenoxy) is 1. The second kappa shape index (κ2) is 5.64. The van der Waals surface area contributed by atoms with Crippen molar-refractivity contribution in [3.05, 3.63) is 52.6 Å². The number of nitrogens with one attached hydrogen (secondary N) is 1. The molecule has 0 saturated carbocycles. The van der Waals surface area contributed by atoms with E-state index in [0.29, 0.717) is 11.6 Å². The Balaban J connectivity index is 2.03. The molecule has 0 bridgehead atoms. The molecule has 0 unspecified atom stereocenters. The lowest BCUT2D eigenvalue weighted by Gasteiger charge is -2.08. The Hall–Kier alpha value is -1.88. The number of hydrogen-bond acceptors (Lipinski definition) is 3. The smallest absolute Gasteiger partial charge is 0.410 e. The zero-order valence-corrected chi connectivity index (χ0v) is 11.3. The standard InChI is InChI=1S/C13H11BrN2O2/c1-9-7-10(14)8-15-12(9)16-13(17)18-11-5-3-2-4-6-11/h2-8H,1H3,(H,15,16,17). The van der Waals surface area contributed by atoms with Crippen LogP contribution in [0.2, 0.25) is 0 Å². The third-order valence-corrected chi connectivity index (χ3v) is 2.65. The molecular formula is C13H11BrN2O2. The molecule has 1 N–H and O–H groups in total. The number of aryl methyl sites for hydroxylation is 1. The van der Waals surface area contributed by atoms with Gasteiger partial charge in [-0.2, -0.15) is 0 Å². The Morgan fingerprint density at radius 3 is 2.72 bits per heavy atom. The minimum absolute atomic E-state index is 0.485. The van der Waals surface area contributed by atoms with E-state index < -0.39 is 6.09 Å². The van der Waals surface area contributed by atoms with Gasteiger partial charge in [0.2, 0.25) is 0 Å². The summed E-state index contributed by atoms with van der Waals surface area (Å²) in [5, 5.41) is 2.59. The number of anilines is 1. The average Bonchev–Trinajstić information content (AvgIpc) is 2.34. The quantitative estimate of drug-likeness (QED) is 0.919. The predicted octanol–water partition coefficient (Wildman–Crippen LogP) is 3.76. The van der Waals surface area contributed by atoms with Gasteiger partial charge in [0.15, 0.2) is 0 Å². The van der Waals surface area contributed by atoms with Crippen molar-refractivity contribution in [2.45, 2.75) is 6.92 Å². The van der Waals surface area contributed by atoms with Gasteiger partial charge in [0.05, 0.1) is 0 Å². The van der Waals surface area contributed by atoms with Crippen LogP contribution in [0.3, 0.4) is 0 Å². The molecule has 18 heavy (non-hydrogen) atoms. The van der Waals surface area contributed by atoms with Crippen LogP contribution in [0.25, 0.3) is 0 Å². The first-order valence-electron chi connectivity index (χ1n) is 5.31. The number of aromatic nitrogens is 1. The van der Waals surface area contributed by atoms with Gasteiger partial charge in [0.1, 0.15) is 11.6 Å². The molecule has 0 fully saturated rings. The normalized spacial score (nSPS) is 9.89. The van der Waals surface area contributed by atoms with Crippen LogP contribution in [0.5, 0.6) is 5.75 Å². The van der Waals surface area contributed by atoms with Gasteiger partial charge >= 0.3 is 6.09 Å². The van der Waals surface area contributed by atoms with Gasteiger partial charge in [-0.1, -0.05) is 18.2 Å². The first-order chi connectivity index (χ1) is 8.65. The summed E-state index contributed by atoms with van der Waals surface area (Å²) < 4.78 is 5.96. The number of benzene rings is 1. The van der Waals surface area contributed by atoms with E-state index in [1.165, 1.54) is 0 Å². The van der Waals surface area contributed by atoms with E-state index in [1.54, 1.807) is 30.5 Å². The van der Waals surface area contributed by atoms with Crippen LogP contribution < -0.4 is 10.1 Å². The molecule has 0 aliphatic carbocycles. The number of rotatable bonds is 2. The monoisotopic (exact) mass is 306 g/mol. The molecule has 1 aromatic carbocycles. The fourth-order valence-electron chi connectivity index (χ4n) is 1.39. The maximum Gasteiger partial charge on any atom is 0.418 e. The first-order valence-corrected chi connectivity index (χ1v) is 6.10. The number of carbonyl (C=O) groups is 1. The van der Waals surface area contributed by atoms with Crippen molar-refractivity contribution in [2.75, 3.05) is 5.32 Å². The zero-order valence-electron chi connectivity index (χ0n) is 9.68. The lowest BCUT2D eigenvalue weighted by molar-refractivity contribution is 0.215. The summed E-state index contributed by atoms with van der Waals surface area (Å²) in [6, 6.07) is 10.7. The van der Waals surface area contributed by atoms with E-state index in [0.717, 1.165) is 10.0 Å². The number of pyridine rings is 1. The minimum atomic E-state index is -0.556. The van der Waals surface area contributed by atoms with Gasteiger partial charge in [-0.15, -0.1) is 0 Å². The predicted molar refractivity (Wildman–Crippen MR) is 72.8 cm³/mol. The van der Waals surface area contributed by atoms with Crippen LogP contribution in [0.15, 0.2) is 47.1 Å². The Bertz CT molecular complexity index is 558. The minimum Gasteiger partial charge on any atom is -0.410 e. The van der Waals surface area contributed by atoms with Crippen LogP contribution in [0, 0.1) is 6.92 Å². The molecule has 0 saturated heterocycles. The van der Waals surface area contributed by atoms with Gasteiger partial charge < -0.3 is 4.74 Å². The molecule has 0 radical (unpaired) electrons. The molecule has 2 aromatic rings. The molecule has 0 spiro atoms. The van der Waals surface area contributed by atoms with Crippen molar-refractivity contribution in [1.29, 1.82) is 0 Å². The summed E-state index contributed by atoms with van der Waals surface area (Å²) in [5.41, 5.74) is 0.856. The van der Waals surface area contributed by atoms with Gasteiger partial charge in [-0.3, -0.25) is 5.32 Å². The summed E-state index contributed by atoms with van der Waals surface area (Å²) in [6.07, 6.45) is 1.06. The summed E-state index contributed by atoms with van der Waals surface area (Å²) >= 11 is 3.31. The van der Waals surface area contributed by atoms with Crippen molar-refractivity contribution in [1.82, 2.24) is 4.98 Å². The summed E-state index contributed by atoms with van der Waals surface area (Å²) in [7, 11) is 0. The lowest BCUT2D eigenvalue weighted by atomic mass is 10.3. The number of carbonyl (C=O) groups excluding carboxylic acids is 1. The SMILES string of the molecule is Cc1cc(Br)cnc1NC(=O)Oc1ccccc1. The van der Waals surface area contributed by atoms with E-state index >= 15 is 0 Å². The number of hydrogen-bond donors (Lipinski definition) is 1. The fourth-order valence-corrected chi connectivity index (χ4v) is 1.83. The molecule has 1 heterocycles. The summed E-state index contributed by atoms with van der Waals surface area (Å²) in [4.78, 5) is 15.7. The van der Waals surface area contributed by atoms with Crippen molar-refractivity contribution in [2.24, 2.45) is 0 Å². The largest absolute Gasteiger partial charge is 0.418 e. The second-order valence-corrected chi connectivity index (χ2v) is 4.56. The van der Waals surface area contributed by atoms with Crippen LogP contribution >= 0.6 is 15.9 Å². The highest BCUT2D eigenvalue weighted by molar-refractivity contribution is 9.10. The third kappa shape index (κ3) is 3.30. The molecule has 0 aliphatic rings. The highest BCUT2D eigenvalue weighted by Gasteiger charge is 2.08. The van der Waals surface area contributed by atoms with Gasteiger partial charge in [0.25, 0.3) is 0 Å². The van der Waals surface area contributed by atoms with E-state index in [2.05, 4.69) is 26.2 Å². The van der Waals surface area contributed by atoms with E-state index in [9.17, 15) is 4.79 Å². The van der Waals surface area contributed by atoms with E-state index in [-0.39, 0.29) is 0 Å². The molecule has 0 atom stereocenters. The summed E-state index contributed by atoms with van der Waals surface area (Å²) in [5.74, 6) is 0.976.